The third-order valence-electron chi connectivity index (χ3n) is 3.11. The molecule has 3 aromatic rings. The van der Waals surface area contributed by atoms with Gasteiger partial charge in [0, 0.05) is 20.3 Å². The zero-order valence-corrected chi connectivity index (χ0v) is 11.3. The summed E-state index contributed by atoms with van der Waals surface area (Å²) in [5, 5.41) is 0. The molecule has 2 aromatic heterocycles. The van der Waals surface area contributed by atoms with Crippen molar-refractivity contribution in [2.45, 2.75) is 0 Å². The van der Waals surface area contributed by atoms with Crippen molar-refractivity contribution in [2.75, 3.05) is 19.0 Å². The molecule has 0 amide bonds. The molecule has 0 saturated carbocycles. The van der Waals surface area contributed by atoms with Gasteiger partial charge in [-0.2, -0.15) is 0 Å². The van der Waals surface area contributed by atoms with E-state index in [0.717, 1.165) is 11.0 Å². The van der Waals surface area contributed by atoms with Gasteiger partial charge in [0.05, 0.1) is 16.6 Å². The maximum Gasteiger partial charge on any atom is 0.267 e. The van der Waals surface area contributed by atoms with Gasteiger partial charge in [0.1, 0.15) is 12.1 Å². The number of imidazole rings is 1. The van der Waals surface area contributed by atoms with Crippen molar-refractivity contribution in [3.63, 3.8) is 0 Å². The smallest absolute Gasteiger partial charge is 0.267 e. The van der Waals surface area contributed by atoms with Gasteiger partial charge in [0.2, 0.25) is 0 Å². The molecule has 0 bridgehead atoms. The van der Waals surface area contributed by atoms with Gasteiger partial charge in [-0.25, -0.2) is 9.97 Å². The number of nitrogens with zero attached hydrogens (tertiary/aromatic N) is 4. The van der Waals surface area contributed by atoms with Gasteiger partial charge in [0.15, 0.2) is 0 Å². The van der Waals surface area contributed by atoms with Crippen molar-refractivity contribution < 1.29 is 4.79 Å². The van der Waals surface area contributed by atoms with Crippen LogP contribution in [-0.2, 0) is 0 Å². The predicted molar refractivity (Wildman–Crippen MR) is 78.0 cm³/mol. The summed E-state index contributed by atoms with van der Waals surface area (Å²) in [4.78, 5) is 23.0. The number of carbonyl (C=O) groups excluding carboxylic acids is 1. The number of benzene rings is 1. The maximum absolute atomic E-state index is 12.7. The fraction of sp³-hybridized carbons (Fsp3) is 0.133. The fourth-order valence-electron chi connectivity index (χ4n) is 2.17. The molecule has 5 heteroatoms. The van der Waals surface area contributed by atoms with Gasteiger partial charge >= 0.3 is 0 Å². The topological polar surface area (TPSA) is 51.0 Å². The molecule has 1 aromatic carbocycles. The van der Waals surface area contributed by atoms with Crippen molar-refractivity contribution in [1.29, 1.82) is 0 Å². The van der Waals surface area contributed by atoms with Crippen molar-refractivity contribution in [3.05, 3.63) is 54.5 Å². The van der Waals surface area contributed by atoms with Crippen LogP contribution >= 0.6 is 0 Å². The molecule has 0 aliphatic carbocycles. The van der Waals surface area contributed by atoms with Crippen molar-refractivity contribution in [2.24, 2.45) is 0 Å². The SMILES string of the molecule is CN(C)c1ncccc1C(=O)n1cnc2ccccc21. The van der Waals surface area contributed by atoms with Crippen LogP contribution < -0.4 is 4.90 Å². The monoisotopic (exact) mass is 266 g/mol. The van der Waals surface area contributed by atoms with Crippen molar-refractivity contribution in [3.8, 4) is 0 Å². The van der Waals surface area contributed by atoms with Crippen LogP contribution in [0.3, 0.4) is 0 Å². The minimum Gasteiger partial charge on any atom is -0.362 e. The quantitative estimate of drug-likeness (QED) is 0.713. The first-order valence-electron chi connectivity index (χ1n) is 6.27. The van der Waals surface area contributed by atoms with E-state index in [-0.39, 0.29) is 5.91 Å². The van der Waals surface area contributed by atoms with Crippen molar-refractivity contribution in [1.82, 2.24) is 14.5 Å². The van der Waals surface area contributed by atoms with Gasteiger partial charge in [-0.15, -0.1) is 0 Å². The Balaban J connectivity index is 2.14. The van der Waals surface area contributed by atoms with Gasteiger partial charge in [-0.3, -0.25) is 9.36 Å². The van der Waals surface area contributed by atoms with Crippen molar-refractivity contribution >= 4 is 22.8 Å². The highest BCUT2D eigenvalue weighted by atomic mass is 16.2. The Kier molecular flexibility index (Phi) is 2.95. The zero-order chi connectivity index (χ0) is 14.1. The van der Waals surface area contributed by atoms with E-state index in [2.05, 4.69) is 9.97 Å². The Labute approximate surface area is 116 Å². The van der Waals surface area contributed by atoms with Crippen LogP contribution in [0.25, 0.3) is 11.0 Å². The van der Waals surface area contributed by atoms with E-state index < -0.39 is 0 Å². The van der Waals surface area contributed by atoms with Crippen LogP contribution in [-0.4, -0.2) is 34.5 Å². The number of fused-ring (bicyclic) bond motifs is 1. The number of pyridine rings is 1. The molecule has 0 spiro atoms. The highest BCUT2D eigenvalue weighted by Gasteiger charge is 2.17. The van der Waals surface area contributed by atoms with E-state index in [1.807, 2.05) is 43.3 Å². The molecule has 5 nitrogen and oxygen atoms in total. The lowest BCUT2D eigenvalue weighted by molar-refractivity contribution is 0.0964. The predicted octanol–water partition coefficient (Wildman–Crippen LogP) is 2.19. The molecule has 0 radical (unpaired) electrons. The summed E-state index contributed by atoms with van der Waals surface area (Å²) in [7, 11) is 3.73. The Hall–Kier alpha value is -2.69. The average molecular weight is 266 g/mol. The number of hydrogen-bond donors (Lipinski definition) is 0. The molecule has 0 unspecified atom stereocenters. The maximum atomic E-state index is 12.7. The molecule has 0 saturated heterocycles. The summed E-state index contributed by atoms with van der Waals surface area (Å²) in [6.07, 6.45) is 3.23. The standard InChI is InChI=1S/C15H14N4O/c1-18(2)14-11(6-5-9-16-14)15(20)19-10-17-12-7-3-4-8-13(12)19/h3-10H,1-2H3. The lowest BCUT2D eigenvalue weighted by atomic mass is 10.2. The number of anilines is 1. The minimum atomic E-state index is -0.129. The summed E-state index contributed by atoms with van der Waals surface area (Å²) >= 11 is 0. The first-order chi connectivity index (χ1) is 9.68. The number of rotatable bonds is 2. The van der Waals surface area contributed by atoms with Gasteiger partial charge in [-0.1, -0.05) is 12.1 Å². The molecule has 2 heterocycles. The minimum absolute atomic E-state index is 0.129. The first kappa shape index (κ1) is 12.3. The summed E-state index contributed by atoms with van der Waals surface area (Å²) in [6, 6.07) is 11.1. The molecule has 20 heavy (non-hydrogen) atoms. The molecule has 0 aliphatic rings. The first-order valence-corrected chi connectivity index (χ1v) is 6.27. The van der Waals surface area contributed by atoms with Crippen LogP contribution in [0.15, 0.2) is 48.9 Å². The molecule has 0 N–H and O–H groups in total. The molecule has 100 valence electrons. The Bertz CT molecular complexity index is 776. The second-order valence-corrected chi connectivity index (χ2v) is 4.68. The van der Waals surface area contributed by atoms with E-state index in [9.17, 15) is 4.79 Å². The third-order valence-corrected chi connectivity index (χ3v) is 3.11. The summed E-state index contributed by atoms with van der Waals surface area (Å²) < 4.78 is 1.55. The normalized spacial score (nSPS) is 10.7. The second kappa shape index (κ2) is 4.77. The Morgan fingerprint density at radius 1 is 1.10 bits per heavy atom. The van der Waals surface area contributed by atoms with Gasteiger partial charge in [-0.05, 0) is 24.3 Å². The van der Waals surface area contributed by atoms with Gasteiger partial charge < -0.3 is 4.90 Å². The van der Waals surface area contributed by atoms with E-state index in [1.54, 1.807) is 29.2 Å². The highest BCUT2D eigenvalue weighted by Crippen LogP contribution is 2.19. The van der Waals surface area contributed by atoms with Crippen LogP contribution in [0.4, 0.5) is 5.82 Å². The second-order valence-electron chi connectivity index (χ2n) is 4.68. The Morgan fingerprint density at radius 3 is 2.70 bits per heavy atom. The van der Waals surface area contributed by atoms with Crippen LogP contribution in [0.2, 0.25) is 0 Å². The highest BCUT2D eigenvalue weighted by molar-refractivity contribution is 6.04. The molecular weight excluding hydrogens is 252 g/mol. The zero-order valence-electron chi connectivity index (χ0n) is 11.3. The molecule has 0 fully saturated rings. The summed E-state index contributed by atoms with van der Waals surface area (Å²) in [6.45, 7) is 0. The van der Waals surface area contributed by atoms with Crippen LogP contribution in [0.1, 0.15) is 10.4 Å². The van der Waals surface area contributed by atoms with E-state index in [1.165, 1.54) is 0 Å². The van der Waals surface area contributed by atoms with Crippen LogP contribution in [0.5, 0.6) is 0 Å². The Morgan fingerprint density at radius 2 is 1.90 bits per heavy atom. The van der Waals surface area contributed by atoms with E-state index in [4.69, 9.17) is 0 Å². The van der Waals surface area contributed by atoms with E-state index >= 15 is 0 Å². The molecular formula is C15H14N4O. The molecule has 3 rings (SSSR count). The number of carbonyl (C=O) groups is 1. The van der Waals surface area contributed by atoms with Crippen LogP contribution in [0, 0.1) is 0 Å². The third kappa shape index (κ3) is 1.93. The van der Waals surface area contributed by atoms with Gasteiger partial charge in [0.25, 0.3) is 5.91 Å². The van der Waals surface area contributed by atoms with E-state index in [0.29, 0.717) is 11.4 Å². The molecule has 0 aliphatic heterocycles. The molecule has 0 atom stereocenters. The summed E-state index contributed by atoms with van der Waals surface area (Å²) in [5.74, 6) is 0.519. The average Bonchev–Trinajstić information content (AvgIpc) is 2.90. The number of hydrogen-bond acceptors (Lipinski definition) is 4. The largest absolute Gasteiger partial charge is 0.362 e. The lowest BCUT2D eigenvalue weighted by Gasteiger charge is -2.15. The number of para-hydroxylation sites is 2. The fourth-order valence-corrected chi connectivity index (χ4v) is 2.17. The lowest BCUT2D eigenvalue weighted by Crippen LogP contribution is -2.19. The number of aromatic nitrogens is 3. The summed E-state index contributed by atoms with van der Waals surface area (Å²) in [5.41, 5.74) is 2.16.